The highest BCUT2D eigenvalue weighted by Crippen LogP contribution is 2.32. The molecule has 0 amide bonds. The molecule has 1 aromatic rings. The lowest BCUT2D eigenvalue weighted by molar-refractivity contribution is 0.151. The van der Waals surface area contributed by atoms with Gasteiger partial charge < -0.3 is 10.6 Å². The van der Waals surface area contributed by atoms with E-state index in [1.54, 1.807) is 0 Å². The number of nitrogens with zero attached hydrogens (tertiary/aromatic N) is 1. The normalized spacial score (nSPS) is 14.4. The van der Waals surface area contributed by atoms with E-state index in [1.807, 2.05) is 6.07 Å². The van der Waals surface area contributed by atoms with Crippen LogP contribution >= 0.6 is 0 Å². The fourth-order valence-electron chi connectivity index (χ4n) is 2.04. The quantitative estimate of drug-likeness (QED) is 0.848. The summed E-state index contributed by atoms with van der Waals surface area (Å²) in [6.07, 6.45) is 0. The van der Waals surface area contributed by atoms with Gasteiger partial charge in [-0.15, -0.1) is 0 Å². The van der Waals surface area contributed by atoms with Crippen molar-refractivity contribution in [1.82, 2.24) is 4.90 Å². The minimum Gasteiger partial charge on any atom is -0.323 e. The van der Waals surface area contributed by atoms with E-state index in [2.05, 4.69) is 63.9 Å². The van der Waals surface area contributed by atoms with Gasteiger partial charge in [0, 0.05) is 18.6 Å². The highest BCUT2D eigenvalue weighted by molar-refractivity contribution is 5.20. The second kappa shape index (κ2) is 5.65. The Morgan fingerprint density at radius 3 is 2.18 bits per heavy atom. The first kappa shape index (κ1) is 14.2. The summed E-state index contributed by atoms with van der Waals surface area (Å²) < 4.78 is 0. The molecule has 1 unspecified atom stereocenters. The molecule has 96 valence electrons. The molecule has 0 heterocycles. The Kier molecular flexibility index (Phi) is 4.72. The molecule has 0 saturated carbocycles. The van der Waals surface area contributed by atoms with Crippen molar-refractivity contribution in [3.8, 4) is 0 Å². The van der Waals surface area contributed by atoms with Gasteiger partial charge in [-0.2, -0.15) is 0 Å². The Morgan fingerprint density at radius 1 is 1.18 bits per heavy atom. The van der Waals surface area contributed by atoms with Crippen LogP contribution in [-0.4, -0.2) is 24.5 Å². The van der Waals surface area contributed by atoms with Gasteiger partial charge in [0.25, 0.3) is 0 Å². The van der Waals surface area contributed by atoms with Crippen LogP contribution in [0.4, 0.5) is 0 Å². The molecular formula is C15H26N2. The van der Waals surface area contributed by atoms with Crippen LogP contribution < -0.4 is 5.73 Å². The van der Waals surface area contributed by atoms with Gasteiger partial charge in [0.1, 0.15) is 0 Å². The maximum absolute atomic E-state index is 6.39. The lowest BCUT2D eigenvalue weighted by Crippen LogP contribution is -2.41. The number of hydrogen-bond donors (Lipinski definition) is 1. The highest BCUT2D eigenvalue weighted by Gasteiger charge is 2.29. The van der Waals surface area contributed by atoms with E-state index in [4.69, 9.17) is 5.73 Å². The van der Waals surface area contributed by atoms with Gasteiger partial charge >= 0.3 is 0 Å². The van der Waals surface area contributed by atoms with E-state index >= 15 is 0 Å². The maximum atomic E-state index is 6.39. The summed E-state index contributed by atoms with van der Waals surface area (Å²) in [6, 6.07) is 11.0. The zero-order chi connectivity index (χ0) is 13.1. The third-order valence-corrected chi connectivity index (χ3v) is 3.54. The third-order valence-electron chi connectivity index (χ3n) is 3.54. The summed E-state index contributed by atoms with van der Waals surface area (Å²) in [7, 11) is 2.16. The Bertz CT molecular complexity index is 330. The van der Waals surface area contributed by atoms with Crippen LogP contribution in [-0.2, 0) is 0 Å². The van der Waals surface area contributed by atoms with E-state index < -0.39 is 0 Å². The minimum atomic E-state index is 0.0698. The molecule has 0 saturated heterocycles. The van der Waals surface area contributed by atoms with Gasteiger partial charge in [0.05, 0.1) is 0 Å². The summed E-state index contributed by atoms with van der Waals surface area (Å²) in [6.45, 7) is 9.90. The molecule has 1 atom stereocenters. The zero-order valence-corrected chi connectivity index (χ0v) is 11.8. The van der Waals surface area contributed by atoms with Crippen molar-refractivity contribution < 1.29 is 0 Å². The molecule has 0 aliphatic rings. The van der Waals surface area contributed by atoms with Crippen LogP contribution in [0.1, 0.15) is 39.3 Å². The second-order valence-electron chi connectivity index (χ2n) is 5.89. The number of rotatable bonds is 5. The molecule has 2 heteroatoms. The minimum absolute atomic E-state index is 0.0698. The smallest absolute Gasteiger partial charge is 0.0359 e. The third kappa shape index (κ3) is 3.83. The standard InChI is InChI=1S/C15H26N2/c1-12(2)17(5)11-15(3,4)14(16)13-9-7-6-8-10-13/h6-10,12,14H,11,16H2,1-5H3. The van der Waals surface area contributed by atoms with E-state index in [9.17, 15) is 0 Å². The van der Waals surface area contributed by atoms with Crippen LogP contribution in [0.5, 0.6) is 0 Å². The van der Waals surface area contributed by atoms with Gasteiger partial charge in [-0.3, -0.25) is 0 Å². The second-order valence-corrected chi connectivity index (χ2v) is 5.89. The fraction of sp³-hybridized carbons (Fsp3) is 0.600. The highest BCUT2D eigenvalue weighted by atomic mass is 15.1. The maximum Gasteiger partial charge on any atom is 0.0359 e. The average Bonchev–Trinajstić information content (AvgIpc) is 2.28. The number of nitrogens with two attached hydrogens (primary N) is 1. The largest absolute Gasteiger partial charge is 0.323 e. The summed E-state index contributed by atoms with van der Waals surface area (Å²) >= 11 is 0. The zero-order valence-electron chi connectivity index (χ0n) is 11.8. The van der Waals surface area contributed by atoms with Crippen LogP contribution in [0.25, 0.3) is 0 Å². The molecule has 0 bridgehead atoms. The van der Waals surface area contributed by atoms with Gasteiger partial charge in [-0.05, 0) is 31.9 Å². The molecule has 0 spiro atoms. The lowest BCUT2D eigenvalue weighted by atomic mass is 9.80. The van der Waals surface area contributed by atoms with Crippen LogP contribution in [0.3, 0.4) is 0 Å². The fourth-order valence-corrected chi connectivity index (χ4v) is 2.04. The van der Waals surface area contributed by atoms with Crippen LogP contribution in [0.2, 0.25) is 0 Å². The summed E-state index contributed by atoms with van der Waals surface area (Å²) in [5, 5.41) is 0. The Labute approximate surface area is 106 Å². The molecule has 0 aromatic heterocycles. The topological polar surface area (TPSA) is 29.3 Å². The first-order valence-corrected chi connectivity index (χ1v) is 6.35. The van der Waals surface area contributed by atoms with Crippen LogP contribution in [0, 0.1) is 5.41 Å². The van der Waals surface area contributed by atoms with E-state index in [1.165, 1.54) is 5.56 Å². The van der Waals surface area contributed by atoms with Gasteiger partial charge in [0.15, 0.2) is 0 Å². The average molecular weight is 234 g/mol. The molecule has 2 N–H and O–H groups in total. The van der Waals surface area contributed by atoms with Crippen molar-refractivity contribution in [2.24, 2.45) is 11.1 Å². The molecule has 0 radical (unpaired) electrons. The summed E-state index contributed by atoms with van der Waals surface area (Å²) in [4.78, 5) is 2.35. The van der Waals surface area contributed by atoms with E-state index in [0.29, 0.717) is 6.04 Å². The van der Waals surface area contributed by atoms with Crippen LogP contribution in [0.15, 0.2) is 30.3 Å². The molecule has 0 fully saturated rings. The van der Waals surface area contributed by atoms with E-state index in [-0.39, 0.29) is 11.5 Å². The number of hydrogen-bond acceptors (Lipinski definition) is 2. The number of benzene rings is 1. The molecule has 1 rings (SSSR count). The molecule has 17 heavy (non-hydrogen) atoms. The lowest BCUT2D eigenvalue weighted by Gasteiger charge is -2.37. The molecule has 1 aromatic carbocycles. The molecular weight excluding hydrogens is 208 g/mol. The Morgan fingerprint density at radius 2 is 1.71 bits per heavy atom. The van der Waals surface area contributed by atoms with E-state index in [0.717, 1.165) is 6.54 Å². The van der Waals surface area contributed by atoms with Crippen molar-refractivity contribution in [3.63, 3.8) is 0 Å². The summed E-state index contributed by atoms with van der Waals surface area (Å²) in [5.41, 5.74) is 7.68. The van der Waals surface area contributed by atoms with Crippen molar-refractivity contribution in [2.45, 2.75) is 39.8 Å². The first-order valence-electron chi connectivity index (χ1n) is 6.35. The summed E-state index contributed by atoms with van der Waals surface area (Å²) in [5.74, 6) is 0. The van der Waals surface area contributed by atoms with Crippen molar-refractivity contribution in [3.05, 3.63) is 35.9 Å². The monoisotopic (exact) mass is 234 g/mol. The molecule has 0 aliphatic heterocycles. The Hall–Kier alpha value is -0.860. The van der Waals surface area contributed by atoms with Crippen molar-refractivity contribution in [2.75, 3.05) is 13.6 Å². The molecule has 0 aliphatic carbocycles. The van der Waals surface area contributed by atoms with Gasteiger partial charge in [0.2, 0.25) is 0 Å². The van der Waals surface area contributed by atoms with Gasteiger partial charge in [-0.1, -0.05) is 44.2 Å². The van der Waals surface area contributed by atoms with Crippen molar-refractivity contribution >= 4 is 0 Å². The van der Waals surface area contributed by atoms with Crippen molar-refractivity contribution in [1.29, 1.82) is 0 Å². The first-order chi connectivity index (χ1) is 7.84. The predicted octanol–water partition coefficient (Wildman–Crippen LogP) is 3.05. The molecule has 2 nitrogen and oxygen atoms in total. The SMILES string of the molecule is CC(C)N(C)CC(C)(C)C(N)c1ccccc1. The van der Waals surface area contributed by atoms with Gasteiger partial charge in [-0.25, -0.2) is 0 Å². The predicted molar refractivity (Wildman–Crippen MR) is 74.9 cm³/mol. The Balaban J connectivity index is 2.76.